The lowest BCUT2D eigenvalue weighted by Gasteiger charge is -2.29. The molecule has 1 aliphatic heterocycles. The van der Waals surface area contributed by atoms with Crippen molar-refractivity contribution >= 4 is 11.5 Å². The number of rotatable bonds is 2. The largest absolute Gasteiger partial charge is 0.495 e. The molecule has 1 fully saturated rings. The Bertz CT molecular complexity index is 391. The van der Waals surface area contributed by atoms with E-state index in [0.29, 0.717) is 18.6 Å². The van der Waals surface area contributed by atoms with Crippen LogP contribution in [0.4, 0.5) is 5.69 Å². The minimum atomic E-state index is 0.363. The molecule has 86 valence electrons. The molecular weight excluding hydrogens is 202 g/mol. The molecule has 0 amide bonds. The maximum Gasteiger partial charge on any atom is 0.142 e. The summed E-state index contributed by atoms with van der Waals surface area (Å²) in [6, 6.07) is 6.18. The number of nitrogens with zero attached hydrogens (tertiary/aromatic N) is 1. The summed E-state index contributed by atoms with van der Waals surface area (Å²) in [5.41, 5.74) is 2.29. The zero-order valence-electron chi connectivity index (χ0n) is 9.82. The highest BCUT2D eigenvalue weighted by Crippen LogP contribution is 2.30. The van der Waals surface area contributed by atoms with E-state index in [0.717, 1.165) is 24.5 Å². The van der Waals surface area contributed by atoms with Crippen molar-refractivity contribution < 1.29 is 9.53 Å². The van der Waals surface area contributed by atoms with Crippen LogP contribution in [0.15, 0.2) is 18.2 Å². The Labute approximate surface area is 96.0 Å². The molecule has 0 aliphatic carbocycles. The second kappa shape index (κ2) is 4.56. The standard InChI is InChI=1S/C13H17NO2/c1-10-3-4-12(13(9-10)16-2)14-7-5-11(15)6-8-14/h3-4,9H,5-8H2,1-2H3. The van der Waals surface area contributed by atoms with Gasteiger partial charge in [-0.1, -0.05) is 6.07 Å². The van der Waals surface area contributed by atoms with Crippen molar-refractivity contribution in [1.82, 2.24) is 0 Å². The molecule has 0 atom stereocenters. The third-order valence-electron chi connectivity index (χ3n) is 3.00. The smallest absolute Gasteiger partial charge is 0.142 e. The quantitative estimate of drug-likeness (QED) is 0.763. The van der Waals surface area contributed by atoms with Gasteiger partial charge in [-0.15, -0.1) is 0 Å². The van der Waals surface area contributed by atoms with E-state index in [-0.39, 0.29) is 0 Å². The maximum atomic E-state index is 11.2. The Morgan fingerprint density at radius 1 is 1.25 bits per heavy atom. The van der Waals surface area contributed by atoms with E-state index in [2.05, 4.69) is 17.0 Å². The van der Waals surface area contributed by atoms with Crippen LogP contribution in [0, 0.1) is 6.92 Å². The van der Waals surface area contributed by atoms with Gasteiger partial charge in [0.05, 0.1) is 12.8 Å². The van der Waals surface area contributed by atoms with Crippen LogP contribution in [-0.2, 0) is 4.79 Å². The van der Waals surface area contributed by atoms with Gasteiger partial charge in [0.25, 0.3) is 0 Å². The summed E-state index contributed by atoms with van der Waals surface area (Å²) in [7, 11) is 1.69. The molecule has 2 rings (SSSR count). The molecule has 0 bridgehead atoms. The second-order valence-corrected chi connectivity index (χ2v) is 4.20. The van der Waals surface area contributed by atoms with Gasteiger partial charge in [-0.3, -0.25) is 4.79 Å². The predicted molar refractivity (Wildman–Crippen MR) is 64.2 cm³/mol. The number of ether oxygens (including phenoxy) is 1. The van der Waals surface area contributed by atoms with Crippen LogP contribution in [0.25, 0.3) is 0 Å². The van der Waals surface area contributed by atoms with Crippen molar-refractivity contribution in [2.24, 2.45) is 0 Å². The van der Waals surface area contributed by atoms with Gasteiger partial charge < -0.3 is 9.64 Å². The number of hydrogen-bond acceptors (Lipinski definition) is 3. The van der Waals surface area contributed by atoms with Gasteiger partial charge in [0, 0.05) is 25.9 Å². The first-order chi connectivity index (χ1) is 7.70. The maximum absolute atomic E-state index is 11.2. The summed E-state index contributed by atoms with van der Waals surface area (Å²) in [5, 5.41) is 0. The SMILES string of the molecule is COc1cc(C)ccc1N1CCC(=O)CC1. The van der Waals surface area contributed by atoms with E-state index in [1.807, 2.05) is 13.0 Å². The minimum Gasteiger partial charge on any atom is -0.495 e. The van der Waals surface area contributed by atoms with Crippen molar-refractivity contribution in [3.05, 3.63) is 23.8 Å². The van der Waals surface area contributed by atoms with Crippen LogP contribution in [0.2, 0.25) is 0 Å². The third-order valence-corrected chi connectivity index (χ3v) is 3.00. The Morgan fingerprint density at radius 3 is 2.56 bits per heavy atom. The number of Topliss-reactive ketones (excluding diaryl/α,β-unsaturated/α-hetero) is 1. The van der Waals surface area contributed by atoms with Crippen LogP contribution in [0.1, 0.15) is 18.4 Å². The third kappa shape index (κ3) is 2.18. The fourth-order valence-corrected chi connectivity index (χ4v) is 2.04. The number of hydrogen-bond donors (Lipinski definition) is 0. The highest BCUT2D eigenvalue weighted by atomic mass is 16.5. The first kappa shape index (κ1) is 11.0. The van der Waals surface area contributed by atoms with Crippen molar-refractivity contribution in [2.75, 3.05) is 25.1 Å². The molecule has 1 aliphatic rings. The van der Waals surface area contributed by atoms with Gasteiger partial charge in [-0.25, -0.2) is 0 Å². The lowest BCUT2D eigenvalue weighted by atomic mass is 10.1. The van der Waals surface area contributed by atoms with Crippen LogP contribution in [0.3, 0.4) is 0 Å². The topological polar surface area (TPSA) is 29.5 Å². The monoisotopic (exact) mass is 219 g/mol. The number of carbonyl (C=O) groups excluding carboxylic acids is 1. The van der Waals surface area contributed by atoms with Gasteiger partial charge >= 0.3 is 0 Å². The Kier molecular flexibility index (Phi) is 3.13. The highest BCUT2D eigenvalue weighted by Gasteiger charge is 2.18. The number of benzene rings is 1. The number of carbonyl (C=O) groups is 1. The second-order valence-electron chi connectivity index (χ2n) is 4.20. The predicted octanol–water partition coefficient (Wildman–Crippen LogP) is 2.17. The van der Waals surface area contributed by atoms with Crippen LogP contribution >= 0.6 is 0 Å². The first-order valence-corrected chi connectivity index (χ1v) is 5.62. The first-order valence-electron chi connectivity index (χ1n) is 5.62. The van der Waals surface area contributed by atoms with Gasteiger partial charge in [0.1, 0.15) is 11.5 Å². The molecule has 0 spiro atoms. The van der Waals surface area contributed by atoms with Crippen molar-refractivity contribution in [2.45, 2.75) is 19.8 Å². The molecule has 1 heterocycles. The Hall–Kier alpha value is -1.51. The van der Waals surface area contributed by atoms with Gasteiger partial charge in [-0.05, 0) is 24.6 Å². The van der Waals surface area contributed by atoms with Crippen LogP contribution in [-0.4, -0.2) is 26.0 Å². The molecule has 0 radical (unpaired) electrons. The molecule has 3 heteroatoms. The van der Waals surface area contributed by atoms with E-state index in [9.17, 15) is 4.79 Å². The molecule has 16 heavy (non-hydrogen) atoms. The summed E-state index contributed by atoms with van der Waals surface area (Å²) in [6.45, 7) is 3.66. The fraction of sp³-hybridized carbons (Fsp3) is 0.462. The van der Waals surface area contributed by atoms with Crippen molar-refractivity contribution in [1.29, 1.82) is 0 Å². The lowest BCUT2D eigenvalue weighted by Crippen LogP contribution is -2.33. The summed E-state index contributed by atoms with van der Waals surface area (Å²) >= 11 is 0. The number of piperidine rings is 1. The lowest BCUT2D eigenvalue weighted by molar-refractivity contribution is -0.119. The summed E-state index contributed by atoms with van der Waals surface area (Å²) in [6.07, 6.45) is 1.30. The normalized spacial score (nSPS) is 16.4. The molecule has 0 aromatic heterocycles. The molecule has 1 aromatic rings. The van der Waals surface area contributed by atoms with E-state index < -0.39 is 0 Å². The number of ketones is 1. The number of anilines is 1. The van der Waals surface area contributed by atoms with Crippen LogP contribution < -0.4 is 9.64 Å². The van der Waals surface area contributed by atoms with E-state index in [4.69, 9.17) is 4.74 Å². The molecule has 1 saturated heterocycles. The summed E-state index contributed by atoms with van der Waals surface area (Å²) < 4.78 is 5.38. The van der Waals surface area contributed by atoms with E-state index >= 15 is 0 Å². The molecule has 0 N–H and O–H groups in total. The van der Waals surface area contributed by atoms with Gasteiger partial charge in [0.15, 0.2) is 0 Å². The highest BCUT2D eigenvalue weighted by molar-refractivity contribution is 5.81. The number of aryl methyl sites for hydroxylation is 1. The average Bonchev–Trinajstić information content (AvgIpc) is 2.30. The molecule has 0 saturated carbocycles. The van der Waals surface area contributed by atoms with Crippen LogP contribution in [0.5, 0.6) is 5.75 Å². The van der Waals surface area contributed by atoms with Crippen molar-refractivity contribution in [3.8, 4) is 5.75 Å². The van der Waals surface area contributed by atoms with E-state index in [1.165, 1.54) is 5.56 Å². The van der Waals surface area contributed by atoms with Gasteiger partial charge in [0.2, 0.25) is 0 Å². The minimum absolute atomic E-state index is 0.363. The number of methoxy groups -OCH3 is 1. The molecular formula is C13H17NO2. The zero-order valence-corrected chi connectivity index (χ0v) is 9.82. The Balaban J connectivity index is 2.22. The summed E-state index contributed by atoms with van der Waals surface area (Å²) in [5.74, 6) is 1.26. The fourth-order valence-electron chi connectivity index (χ4n) is 2.04. The molecule has 1 aromatic carbocycles. The zero-order chi connectivity index (χ0) is 11.5. The summed E-state index contributed by atoms with van der Waals surface area (Å²) in [4.78, 5) is 13.4. The van der Waals surface area contributed by atoms with E-state index in [1.54, 1.807) is 7.11 Å². The average molecular weight is 219 g/mol. The molecule has 0 unspecified atom stereocenters. The molecule has 3 nitrogen and oxygen atoms in total. The van der Waals surface area contributed by atoms with Gasteiger partial charge in [-0.2, -0.15) is 0 Å². The van der Waals surface area contributed by atoms with Crippen molar-refractivity contribution in [3.63, 3.8) is 0 Å². The Morgan fingerprint density at radius 2 is 1.94 bits per heavy atom.